The van der Waals surface area contributed by atoms with Crippen molar-refractivity contribution in [3.8, 4) is 5.75 Å². The van der Waals surface area contributed by atoms with Gasteiger partial charge in [-0.1, -0.05) is 11.6 Å². The van der Waals surface area contributed by atoms with E-state index >= 15 is 0 Å². The summed E-state index contributed by atoms with van der Waals surface area (Å²) >= 11 is 5.92. The number of aryl methyl sites for hydroxylation is 1. The molecule has 0 saturated carbocycles. The third-order valence-electron chi connectivity index (χ3n) is 4.72. The minimum absolute atomic E-state index is 0.0995. The number of benzene rings is 2. The molecule has 1 heterocycles. The minimum Gasteiger partial charge on any atom is -0.483 e. The van der Waals surface area contributed by atoms with Gasteiger partial charge >= 0.3 is 0 Å². The molecule has 1 aliphatic heterocycles. The summed E-state index contributed by atoms with van der Waals surface area (Å²) in [4.78, 5) is 14.3. The quantitative estimate of drug-likeness (QED) is 0.751. The molecule has 0 aromatic heterocycles. The molecule has 2 aromatic carbocycles. The lowest BCUT2D eigenvalue weighted by atomic mass is 10.2. The molecule has 1 saturated heterocycles. The summed E-state index contributed by atoms with van der Waals surface area (Å²) in [6, 6.07) is 12.7. The molecule has 1 aliphatic rings. The van der Waals surface area contributed by atoms with Gasteiger partial charge < -0.3 is 15.0 Å². The number of carbonyl (C=O) groups is 1. The number of carbonyl (C=O) groups excluding carboxylic acids is 1. The lowest BCUT2D eigenvalue weighted by molar-refractivity contribution is -0.118. The van der Waals surface area contributed by atoms with Gasteiger partial charge in [-0.15, -0.1) is 0 Å². The van der Waals surface area contributed by atoms with E-state index in [-0.39, 0.29) is 12.5 Å². The smallest absolute Gasteiger partial charge is 0.262 e. The minimum atomic E-state index is -3.14. The maximum absolute atomic E-state index is 12.1. The Morgan fingerprint density at radius 3 is 2.34 bits per heavy atom. The lowest BCUT2D eigenvalue weighted by Crippen LogP contribution is -2.48. The summed E-state index contributed by atoms with van der Waals surface area (Å²) < 4.78 is 30.2. The maximum Gasteiger partial charge on any atom is 0.262 e. The standard InChI is InChI=1S/C20H24ClN3O4S/c1-15-13-16(21)3-8-19(15)28-14-20(25)22-17-4-6-18(7-5-17)23-9-11-24(12-10-23)29(2,26)27/h3-8,13H,9-12,14H2,1-2H3,(H,22,25). The number of hydrogen-bond donors (Lipinski definition) is 1. The Balaban J connectivity index is 1.51. The zero-order valence-corrected chi connectivity index (χ0v) is 18.0. The average Bonchev–Trinajstić information content (AvgIpc) is 2.67. The summed E-state index contributed by atoms with van der Waals surface area (Å²) in [5.74, 6) is 0.363. The molecule has 0 atom stereocenters. The molecule has 0 radical (unpaired) electrons. The number of anilines is 2. The summed E-state index contributed by atoms with van der Waals surface area (Å²) in [6.07, 6.45) is 1.23. The highest BCUT2D eigenvalue weighted by atomic mass is 35.5. The van der Waals surface area contributed by atoms with Crippen LogP contribution < -0.4 is 15.0 Å². The van der Waals surface area contributed by atoms with Crippen LogP contribution in [-0.4, -0.2) is 57.7 Å². The van der Waals surface area contributed by atoms with Crippen LogP contribution in [0, 0.1) is 6.92 Å². The fourth-order valence-corrected chi connectivity index (χ4v) is 4.20. The van der Waals surface area contributed by atoms with Crippen LogP contribution in [0.4, 0.5) is 11.4 Å². The highest BCUT2D eigenvalue weighted by Gasteiger charge is 2.23. The van der Waals surface area contributed by atoms with E-state index in [1.54, 1.807) is 18.2 Å². The number of piperazine rings is 1. The van der Waals surface area contributed by atoms with Crippen molar-refractivity contribution in [2.75, 3.05) is 49.3 Å². The van der Waals surface area contributed by atoms with Crippen LogP contribution >= 0.6 is 11.6 Å². The van der Waals surface area contributed by atoms with Crippen LogP contribution in [0.3, 0.4) is 0 Å². The van der Waals surface area contributed by atoms with Gasteiger partial charge in [-0.25, -0.2) is 8.42 Å². The molecule has 9 heteroatoms. The molecule has 0 aliphatic carbocycles. The predicted octanol–water partition coefficient (Wildman–Crippen LogP) is 2.75. The van der Waals surface area contributed by atoms with Crippen molar-refractivity contribution in [1.82, 2.24) is 4.31 Å². The van der Waals surface area contributed by atoms with Gasteiger partial charge in [0.25, 0.3) is 5.91 Å². The van der Waals surface area contributed by atoms with Gasteiger partial charge in [0, 0.05) is 42.6 Å². The first kappa shape index (κ1) is 21.4. The number of ether oxygens (including phenoxy) is 1. The normalized spacial score (nSPS) is 15.2. The first-order valence-electron chi connectivity index (χ1n) is 9.21. The van der Waals surface area contributed by atoms with Crippen molar-refractivity contribution >= 4 is 38.9 Å². The van der Waals surface area contributed by atoms with Gasteiger partial charge in [0.15, 0.2) is 6.61 Å². The van der Waals surface area contributed by atoms with Gasteiger partial charge in [-0.05, 0) is 55.0 Å². The van der Waals surface area contributed by atoms with E-state index in [9.17, 15) is 13.2 Å². The number of hydrogen-bond acceptors (Lipinski definition) is 5. The Hall–Kier alpha value is -2.29. The summed E-state index contributed by atoms with van der Waals surface area (Å²) in [5.41, 5.74) is 2.53. The van der Waals surface area contributed by atoms with Crippen molar-refractivity contribution < 1.29 is 17.9 Å². The van der Waals surface area contributed by atoms with Crippen LogP contribution in [0.2, 0.25) is 5.02 Å². The molecule has 1 amide bonds. The van der Waals surface area contributed by atoms with E-state index in [0.717, 1.165) is 11.3 Å². The zero-order valence-electron chi connectivity index (χ0n) is 16.4. The van der Waals surface area contributed by atoms with E-state index in [1.807, 2.05) is 31.2 Å². The SMILES string of the molecule is Cc1cc(Cl)ccc1OCC(=O)Nc1ccc(N2CCN(S(C)(=O)=O)CC2)cc1. The van der Waals surface area contributed by atoms with Gasteiger partial charge in [0.2, 0.25) is 10.0 Å². The number of nitrogens with one attached hydrogen (secondary N) is 1. The molecule has 3 rings (SSSR count). The van der Waals surface area contributed by atoms with Gasteiger partial charge in [-0.2, -0.15) is 4.31 Å². The van der Waals surface area contributed by atoms with Crippen molar-refractivity contribution in [3.05, 3.63) is 53.1 Å². The molecule has 156 valence electrons. The molecule has 2 aromatic rings. The van der Waals surface area contributed by atoms with Crippen LogP contribution in [0.1, 0.15) is 5.56 Å². The third-order valence-corrected chi connectivity index (χ3v) is 6.26. The number of nitrogens with zero attached hydrogens (tertiary/aromatic N) is 2. The van der Waals surface area contributed by atoms with E-state index in [2.05, 4.69) is 10.2 Å². The lowest BCUT2D eigenvalue weighted by Gasteiger charge is -2.34. The molecule has 1 N–H and O–H groups in total. The van der Waals surface area contributed by atoms with Crippen molar-refractivity contribution in [2.24, 2.45) is 0 Å². The zero-order chi connectivity index (χ0) is 21.0. The Morgan fingerprint density at radius 2 is 1.76 bits per heavy atom. The molecule has 0 unspecified atom stereocenters. The van der Waals surface area contributed by atoms with Crippen molar-refractivity contribution in [2.45, 2.75) is 6.92 Å². The molecular weight excluding hydrogens is 414 g/mol. The predicted molar refractivity (Wildman–Crippen MR) is 115 cm³/mol. The Labute approximate surface area is 176 Å². The van der Waals surface area contributed by atoms with E-state index in [1.165, 1.54) is 10.6 Å². The first-order chi connectivity index (χ1) is 13.7. The maximum atomic E-state index is 12.1. The van der Waals surface area contributed by atoms with Crippen LogP contribution in [-0.2, 0) is 14.8 Å². The molecule has 0 spiro atoms. The Morgan fingerprint density at radius 1 is 1.10 bits per heavy atom. The number of amides is 1. The van der Waals surface area contributed by atoms with Crippen molar-refractivity contribution in [1.29, 1.82) is 0 Å². The van der Waals surface area contributed by atoms with Gasteiger partial charge in [-0.3, -0.25) is 4.79 Å². The largest absolute Gasteiger partial charge is 0.483 e. The molecule has 0 bridgehead atoms. The number of halogens is 1. The second-order valence-corrected chi connectivity index (χ2v) is 9.36. The molecule has 1 fully saturated rings. The number of sulfonamides is 1. The third kappa shape index (κ3) is 5.85. The molecule has 7 nitrogen and oxygen atoms in total. The summed E-state index contributed by atoms with van der Waals surface area (Å²) in [5, 5.41) is 3.43. The topological polar surface area (TPSA) is 79.0 Å². The summed E-state index contributed by atoms with van der Waals surface area (Å²) in [6.45, 7) is 3.98. The Kier molecular flexibility index (Phi) is 6.66. The van der Waals surface area contributed by atoms with Crippen LogP contribution in [0.15, 0.2) is 42.5 Å². The molecular formula is C20H24ClN3O4S. The second-order valence-electron chi connectivity index (χ2n) is 6.94. The Bertz CT molecular complexity index is 972. The van der Waals surface area contributed by atoms with Gasteiger partial charge in [0.1, 0.15) is 5.75 Å². The summed E-state index contributed by atoms with van der Waals surface area (Å²) in [7, 11) is -3.14. The highest BCUT2D eigenvalue weighted by Crippen LogP contribution is 2.22. The highest BCUT2D eigenvalue weighted by molar-refractivity contribution is 7.88. The fraction of sp³-hybridized carbons (Fsp3) is 0.350. The number of rotatable bonds is 6. The fourth-order valence-electron chi connectivity index (χ4n) is 3.15. The van der Waals surface area contributed by atoms with E-state index in [4.69, 9.17) is 16.3 Å². The monoisotopic (exact) mass is 437 g/mol. The van der Waals surface area contributed by atoms with Gasteiger partial charge in [0.05, 0.1) is 6.26 Å². The van der Waals surface area contributed by atoms with E-state index < -0.39 is 10.0 Å². The van der Waals surface area contributed by atoms with Crippen LogP contribution in [0.5, 0.6) is 5.75 Å². The average molecular weight is 438 g/mol. The van der Waals surface area contributed by atoms with Crippen LogP contribution in [0.25, 0.3) is 0 Å². The molecule has 29 heavy (non-hydrogen) atoms. The van der Waals surface area contributed by atoms with E-state index in [0.29, 0.717) is 42.6 Å². The van der Waals surface area contributed by atoms with Crippen molar-refractivity contribution in [3.63, 3.8) is 0 Å². The second kappa shape index (κ2) is 9.02. The first-order valence-corrected chi connectivity index (χ1v) is 11.4.